The van der Waals surface area contributed by atoms with E-state index >= 15 is 0 Å². The van der Waals surface area contributed by atoms with Crippen molar-refractivity contribution in [1.29, 1.82) is 0 Å². The molecule has 2 aromatic rings. The van der Waals surface area contributed by atoms with Crippen molar-refractivity contribution in [2.24, 2.45) is 17.8 Å². The molecule has 1 saturated carbocycles. The van der Waals surface area contributed by atoms with Crippen molar-refractivity contribution in [2.45, 2.75) is 43.9 Å². The van der Waals surface area contributed by atoms with Crippen molar-refractivity contribution < 1.29 is 26.9 Å². The Morgan fingerprint density at radius 3 is 2.78 bits per heavy atom. The van der Waals surface area contributed by atoms with Gasteiger partial charge in [-0.25, -0.2) is 12.8 Å². The fourth-order valence-electron chi connectivity index (χ4n) is 4.54. The number of carbonyl (C=O) groups excluding carboxylic acids is 1. The highest BCUT2D eigenvalue weighted by molar-refractivity contribution is 7.91. The van der Waals surface area contributed by atoms with Gasteiger partial charge < -0.3 is 19.0 Å². The molecule has 0 N–H and O–H groups in total. The van der Waals surface area contributed by atoms with Crippen molar-refractivity contribution >= 4 is 22.1 Å². The van der Waals surface area contributed by atoms with Crippen LogP contribution in [0.3, 0.4) is 0 Å². The lowest BCUT2D eigenvalue weighted by atomic mass is 9.90. The van der Waals surface area contributed by atoms with E-state index in [4.69, 9.17) is 9.26 Å². The standard InChI is InChI=1S/C22H28FN3O5S/c1-2-32(28,29)20-4-3-17(14-19(20)23)30-12-8-16-13-18(16)15-5-9-26(10-6-15)22-24-21(7-11-27)25-31-22/h3-4,11,14-16,18H,2,5-10,12-13H2,1H3/t16-,18-/m1/s1. The number of rotatable bonds is 10. The highest BCUT2D eigenvalue weighted by Crippen LogP contribution is 2.50. The van der Waals surface area contributed by atoms with Crippen molar-refractivity contribution in [2.75, 3.05) is 30.3 Å². The molecule has 1 aromatic heterocycles. The number of sulfone groups is 1. The molecule has 10 heteroatoms. The third-order valence-corrected chi connectivity index (χ3v) is 8.25. The summed E-state index contributed by atoms with van der Waals surface area (Å²) in [5.74, 6) is 1.82. The number of hydrogen-bond donors (Lipinski definition) is 0. The molecule has 2 heterocycles. The number of anilines is 1. The Morgan fingerprint density at radius 2 is 2.09 bits per heavy atom. The predicted molar refractivity (Wildman–Crippen MR) is 115 cm³/mol. The first-order chi connectivity index (χ1) is 15.4. The van der Waals surface area contributed by atoms with Gasteiger partial charge in [-0.15, -0.1) is 0 Å². The summed E-state index contributed by atoms with van der Waals surface area (Å²) in [6.45, 7) is 3.70. The van der Waals surface area contributed by atoms with E-state index in [1.54, 1.807) is 0 Å². The molecule has 2 fully saturated rings. The third-order valence-electron chi connectivity index (χ3n) is 6.49. The SMILES string of the molecule is CCS(=O)(=O)c1ccc(OCC[C@@H]2C[C@@H]2C2CCN(c3nc(CC=O)no3)CC2)cc1F. The van der Waals surface area contributed by atoms with Gasteiger partial charge in [0, 0.05) is 19.2 Å². The number of ether oxygens (including phenoxy) is 1. The van der Waals surface area contributed by atoms with Crippen LogP contribution in [0.25, 0.3) is 0 Å². The zero-order valence-corrected chi connectivity index (χ0v) is 18.9. The Balaban J connectivity index is 1.19. The fraction of sp³-hybridized carbons (Fsp3) is 0.591. The third kappa shape index (κ3) is 5.11. The van der Waals surface area contributed by atoms with E-state index < -0.39 is 15.7 Å². The lowest BCUT2D eigenvalue weighted by Crippen LogP contribution is -2.34. The van der Waals surface area contributed by atoms with Crippen LogP contribution in [0.1, 0.15) is 38.4 Å². The highest BCUT2D eigenvalue weighted by Gasteiger charge is 2.43. The number of benzene rings is 1. The molecule has 32 heavy (non-hydrogen) atoms. The molecule has 1 aliphatic heterocycles. The van der Waals surface area contributed by atoms with Gasteiger partial charge in [-0.05, 0) is 55.6 Å². The van der Waals surface area contributed by atoms with E-state index in [0.717, 1.165) is 44.7 Å². The van der Waals surface area contributed by atoms with Gasteiger partial charge in [0.05, 0.1) is 18.8 Å². The number of nitrogens with zero attached hydrogens (tertiary/aromatic N) is 3. The van der Waals surface area contributed by atoms with Gasteiger partial charge in [0.25, 0.3) is 0 Å². The fourth-order valence-corrected chi connectivity index (χ4v) is 5.48. The zero-order valence-electron chi connectivity index (χ0n) is 18.1. The summed E-state index contributed by atoms with van der Waals surface area (Å²) < 4.78 is 48.8. The molecule has 174 valence electrons. The van der Waals surface area contributed by atoms with Crippen molar-refractivity contribution in [3.63, 3.8) is 0 Å². The highest BCUT2D eigenvalue weighted by atomic mass is 32.2. The second-order valence-electron chi connectivity index (χ2n) is 8.48. The van der Waals surface area contributed by atoms with Crippen LogP contribution in [-0.4, -0.2) is 50.3 Å². The molecule has 8 nitrogen and oxygen atoms in total. The summed E-state index contributed by atoms with van der Waals surface area (Å²) >= 11 is 0. The predicted octanol–water partition coefficient (Wildman–Crippen LogP) is 3.07. The maximum Gasteiger partial charge on any atom is 0.324 e. The number of aldehydes is 1. The smallest absolute Gasteiger partial charge is 0.324 e. The molecule has 1 saturated heterocycles. The van der Waals surface area contributed by atoms with E-state index in [9.17, 15) is 17.6 Å². The summed E-state index contributed by atoms with van der Waals surface area (Å²) in [6, 6.07) is 4.44. The number of piperidine rings is 1. The maximum absolute atomic E-state index is 14.1. The Hall–Kier alpha value is -2.49. The van der Waals surface area contributed by atoms with Crippen LogP contribution in [-0.2, 0) is 21.1 Å². The minimum atomic E-state index is -3.57. The molecule has 0 spiro atoms. The van der Waals surface area contributed by atoms with Crippen molar-refractivity contribution in [3.8, 4) is 5.75 Å². The number of carbonyl (C=O) groups is 1. The number of hydrogen-bond acceptors (Lipinski definition) is 8. The summed E-state index contributed by atoms with van der Waals surface area (Å²) in [6.07, 6.45) is 5.14. The molecule has 4 rings (SSSR count). The molecule has 2 aliphatic rings. The molecule has 0 unspecified atom stereocenters. The van der Waals surface area contributed by atoms with E-state index in [2.05, 4.69) is 15.0 Å². The van der Waals surface area contributed by atoms with Gasteiger partial charge in [0.2, 0.25) is 0 Å². The quantitative estimate of drug-likeness (QED) is 0.493. The largest absolute Gasteiger partial charge is 0.493 e. The Kier molecular flexibility index (Phi) is 6.78. The van der Waals surface area contributed by atoms with Gasteiger partial charge in [-0.1, -0.05) is 12.1 Å². The summed E-state index contributed by atoms with van der Waals surface area (Å²) in [7, 11) is -3.57. The summed E-state index contributed by atoms with van der Waals surface area (Å²) in [4.78, 5) is 16.6. The van der Waals surface area contributed by atoms with E-state index in [1.165, 1.54) is 25.5 Å². The second-order valence-corrected chi connectivity index (χ2v) is 10.7. The second kappa shape index (κ2) is 9.56. The summed E-state index contributed by atoms with van der Waals surface area (Å²) in [5, 5.41) is 3.82. The lowest BCUT2D eigenvalue weighted by Gasteiger charge is -2.30. The first-order valence-corrected chi connectivity index (χ1v) is 12.7. The first kappa shape index (κ1) is 22.7. The van der Waals surface area contributed by atoms with Crippen LogP contribution in [0.2, 0.25) is 0 Å². The molecule has 2 atom stereocenters. The Morgan fingerprint density at radius 1 is 1.31 bits per heavy atom. The van der Waals surface area contributed by atoms with E-state index in [1.807, 2.05) is 0 Å². The molecule has 1 aromatic carbocycles. The molecule has 1 aliphatic carbocycles. The minimum absolute atomic E-state index is 0.137. The average molecular weight is 466 g/mol. The van der Waals surface area contributed by atoms with Gasteiger partial charge >= 0.3 is 6.01 Å². The molecule has 0 radical (unpaired) electrons. The van der Waals surface area contributed by atoms with Crippen LogP contribution >= 0.6 is 0 Å². The Labute approximate surface area is 187 Å². The van der Waals surface area contributed by atoms with Gasteiger partial charge in [-0.2, -0.15) is 4.98 Å². The zero-order chi connectivity index (χ0) is 22.7. The van der Waals surface area contributed by atoms with Gasteiger partial charge in [0.15, 0.2) is 15.7 Å². The number of halogens is 1. The molecular formula is C22H28FN3O5S. The normalized spacial score (nSPS) is 21.5. The minimum Gasteiger partial charge on any atom is -0.493 e. The Bertz CT molecular complexity index is 1050. The average Bonchev–Trinajstić information content (AvgIpc) is 3.41. The van der Waals surface area contributed by atoms with Crippen LogP contribution < -0.4 is 9.64 Å². The number of aromatic nitrogens is 2. The van der Waals surface area contributed by atoms with Crippen molar-refractivity contribution in [1.82, 2.24) is 10.1 Å². The summed E-state index contributed by atoms with van der Waals surface area (Å²) in [5.41, 5.74) is 0. The molecular weight excluding hydrogens is 437 g/mol. The maximum atomic E-state index is 14.1. The molecule has 0 amide bonds. The molecule has 0 bridgehead atoms. The topological polar surface area (TPSA) is 103 Å². The lowest BCUT2D eigenvalue weighted by molar-refractivity contribution is -0.107. The van der Waals surface area contributed by atoms with Crippen LogP contribution in [0.15, 0.2) is 27.6 Å². The van der Waals surface area contributed by atoms with E-state index in [-0.39, 0.29) is 17.1 Å². The van der Waals surface area contributed by atoms with Gasteiger partial charge in [0.1, 0.15) is 22.7 Å². The van der Waals surface area contributed by atoms with Crippen LogP contribution in [0.5, 0.6) is 5.75 Å². The monoisotopic (exact) mass is 465 g/mol. The van der Waals surface area contributed by atoms with Crippen LogP contribution in [0, 0.1) is 23.6 Å². The van der Waals surface area contributed by atoms with Gasteiger partial charge in [-0.3, -0.25) is 0 Å². The van der Waals surface area contributed by atoms with E-state index in [0.29, 0.717) is 41.9 Å². The first-order valence-electron chi connectivity index (χ1n) is 11.1. The van der Waals surface area contributed by atoms with Crippen molar-refractivity contribution in [3.05, 3.63) is 29.8 Å². The van der Waals surface area contributed by atoms with Crippen LogP contribution in [0.4, 0.5) is 10.4 Å².